The van der Waals surface area contributed by atoms with Gasteiger partial charge in [-0.2, -0.15) is 12.6 Å². The standard InChI is InChI=1S/C11H15NOS/c1-9(8-14)11(13)12-7-10-5-3-2-4-6-10/h2-6,9,14H,7-8H2,1H3,(H,12,13)/t9-/m0/s1. The van der Waals surface area contributed by atoms with Crippen LogP contribution in [0.1, 0.15) is 12.5 Å². The van der Waals surface area contributed by atoms with Gasteiger partial charge in [0, 0.05) is 18.2 Å². The number of hydrogen-bond donors (Lipinski definition) is 2. The summed E-state index contributed by atoms with van der Waals surface area (Å²) in [5, 5.41) is 2.86. The predicted molar refractivity (Wildman–Crippen MR) is 61.3 cm³/mol. The zero-order chi connectivity index (χ0) is 10.4. The Balaban J connectivity index is 2.38. The quantitative estimate of drug-likeness (QED) is 0.728. The summed E-state index contributed by atoms with van der Waals surface area (Å²) in [4.78, 5) is 11.4. The van der Waals surface area contributed by atoms with Crippen molar-refractivity contribution in [3.05, 3.63) is 35.9 Å². The Morgan fingerprint density at radius 1 is 1.43 bits per heavy atom. The molecule has 2 nitrogen and oxygen atoms in total. The smallest absolute Gasteiger partial charge is 0.223 e. The van der Waals surface area contributed by atoms with Gasteiger partial charge in [0.1, 0.15) is 0 Å². The third kappa shape index (κ3) is 3.42. The molecule has 3 heteroatoms. The van der Waals surface area contributed by atoms with Crippen LogP contribution in [0, 0.1) is 5.92 Å². The molecular weight excluding hydrogens is 194 g/mol. The van der Waals surface area contributed by atoms with Gasteiger partial charge in [-0.05, 0) is 5.56 Å². The number of rotatable bonds is 4. The van der Waals surface area contributed by atoms with Gasteiger partial charge in [0.15, 0.2) is 0 Å². The minimum atomic E-state index is -0.0259. The molecule has 76 valence electrons. The number of amides is 1. The highest BCUT2D eigenvalue weighted by Gasteiger charge is 2.09. The second kappa shape index (κ2) is 5.70. The molecule has 0 radical (unpaired) electrons. The van der Waals surface area contributed by atoms with E-state index >= 15 is 0 Å². The first-order valence-electron chi connectivity index (χ1n) is 4.66. The van der Waals surface area contributed by atoms with Gasteiger partial charge in [-0.15, -0.1) is 0 Å². The minimum absolute atomic E-state index is 0.0259. The number of nitrogens with one attached hydrogen (secondary N) is 1. The van der Waals surface area contributed by atoms with Gasteiger partial charge in [0.25, 0.3) is 0 Å². The van der Waals surface area contributed by atoms with E-state index in [-0.39, 0.29) is 11.8 Å². The van der Waals surface area contributed by atoms with Gasteiger partial charge in [-0.1, -0.05) is 37.3 Å². The van der Waals surface area contributed by atoms with Gasteiger partial charge in [-0.3, -0.25) is 4.79 Å². The second-order valence-corrected chi connectivity index (χ2v) is 3.65. The molecule has 1 aromatic rings. The SMILES string of the molecule is C[C@@H](CS)C(=O)NCc1ccccc1. The summed E-state index contributed by atoms with van der Waals surface area (Å²) < 4.78 is 0. The van der Waals surface area contributed by atoms with Crippen LogP contribution in [-0.2, 0) is 11.3 Å². The van der Waals surface area contributed by atoms with Gasteiger partial charge < -0.3 is 5.32 Å². The maximum absolute atomic E-state index is 11.4. The Hall–Kier alpha value is -0.960. The van der Waals surface area contributed by atoms with E-state index in [4.69, 9.17) is 0 Å². The summed E-state index contributed by atoms with van der Waals surface area (Å²) in [6.07, 6.45) is 0. The van der Waals surface area contributed by atoms with E-state index in [0.29, 0.717) is 12.3 Å². The molecule has 0 aliphatic carbocycles. The molecular formula is C11H15NOS. The average Bonchev–Trinajstić information content (AvgIpc) is 2.26. The average molecular weight is 209 g/mol. The molecule has 1 N–H and O–H groups in total. The molecule has 0 heterocycles. The van der Waals surface area contributed by atoms with Crippen molar-refractivity contribution in [3.8, 4) is 0 Å². The molecule has 0 aliphatic rings. The molecule has 0 aromatic heterocycles. The molecule has 0 bridgehead atoms. The maximum Gasteiger partial charge on any atom is 0.223 e. The fraction of sp³-hybridized carbons (Fsp3) is 0.364. The molecule has 0 unspecified atom stereocenters. The number of benzene rings is 1. The second-order valence-electron chi connectivity index (χ2n) is 3.29. The lowest BCUT2D eigenvalue weighted by molar-refractivity contribution is -0.123. The molecule has 0 spiro atoms. The highest BCUT2D eigenvalue weighted by Crippen LogP contribution is 2.00. The topological polar surface area (TPSA) is 29.1 Å². The van der Waals surface area contributed by atoms with Crippen LogP contribution in [0.15, 0.2) is 30.3 Å². The molecule has 1 rings (SSSR count). The van der Waals surface area contributed by atoms with Gasteiger partial charge in [-0.25, -0.2) is 0 Å². The number of hydrogen-bond acceptors (Lipinski definition) is 2. The molecule has 0 fully saturated rings. The van der Waals surface area contributed by atoms with E-state index in [0.717, 1.165) is 5.56 Å². The van der Waals surface area contributed by atoms with Crippen LogP contribution in [0.5, 0.6) is 0 Å². The molecule has 0 saturated heterocycles. The lowest BCUT2D eigenvalue weighted by Crippen LogP contribution is -2.29. The summed E-state index contributed by atoms with van der Waals surface area (Å²) in [5.74, 6) is 0.617. The normalized spacial score (nSPS) is 12.1. The number of carbonyl (C=O) groups excluding carboxylic acids is 1. The number of carbonyl (C=O) groups is 1. The molecule has 1 atom stereocenters. The zero-order valence-corrected chi connectivity index (χ0v) is 9.13. The van der Waals surface area contributed by atoms with Crippen LogP contribution in [0.4, 0.5) is 0 Å². The summed E-state index contributed by atoms with van der Waals surface area (Å²) in [6, 6.07) is 9.87. The van der Waals surface area contributed by atoms with Crippen LogP contribution >= 0.6 is 12.6 Å². The first-order chi connectivity index (χ1) is 6.74. The van der Waals surface area contributed by atoms with Crippen LogP contribution in [-0.4, -0.2) is 11.7 Å². The van der Waals surface area contributed by atoms with Crippen LogP contribution < -0.4 is 5.32 Å². The third-order valence-corrected chi connectivity index (χ3v) is 2.58. The third-order valence-electron chi connectivity index (χ3n) is 2.03. The van der Waals surface area contributed by atoms with Crippen molar-refractivity contribution in [1.29, 1.82) is 0 Å². The van der Waals surface area contributed by atoms with E-state index < -0.39 is 0 Å². The largest absolute Gasteiger partial charge is 0.352 e. The molecule has 1 aromatic carbocycles. The Labute approximate surface area is 90.1 Å². The summed E-state index contributed by atoms with van der Waals surface area (Å²) in [5.41, 5.74) is 1.12. The predicted octanol–water partition coefficient (Wildman–Crippen LogP) is 1.87. The maximum atomic E-state index is 11.4. The highest BCUT2D eigenvalue weighted by atomic mass is 32.1. The minimum Gasteiger partial charge on any atom is -0.352 e. The summed E-state index contributed by atoms with van der Waals surface area (Å²) in [7, 11) is 0. The molecule has 14 heavy (non-hydrogen) atoms. The molecule has 1 amide bonds. The van der Waals surface area contributed by atoms with Crippen LogP contribution in [0.25, 0.3) is 0 Å². The number of thiol groups is 1. The fourth-order valence-electron chi connectivity index (χ4n) is 1.04. The van der Waals surface area contributed by atoms with Crippen molar-refractivity contribution in [2.75, 3.05) is 5.75 Å². The fourth-order valence-corrected chi connectivity index (χ4v) is 1.21. The monoisotopic (exact) mass is 209 g/mol. The van der Waals surface area contributed by atoms with E-state index in [1.165, 1.54) is 0 Å². The van der Waals surface area contributed by atoms with E-state index in [9.17, 15) is 4.79 Å². The Bertz CT molecular complexity index is 287. The van der Waals surface area contributed by atoms with E-state index in [2.05, 4.69) is 17.9 Å². The summed E-state index contributed by atoms with van der Waals surface area (Å²) in [6.45, 7) is 2.46. The van der Waals surface area contributed by atoms with Crippen molar-refractivity contribution in [3.63, 3.8) is 0 Å². The van der Waals surface area contributed by atoms with Crippen LogP contribution in [0.3, 0.4) is 0 Å². The van der Waals surface area contributed by atoms with E-state index in [1.54, 1.807) is 0 Å². The summed E-state index contributed by atoms with van der Waals surface area (Å²) >= 11 is 4.07. The Morgan fingerprint density at radius 2 is 2.07 bits per heavy atom. The zero-order valence-electron chi connectivity index (χ0n) is 8.23. The molecule has 0 saturated carbocycles. The Kier molecular flexibility index (Phi) is 4.53. The Morgan fingerprint density at radius 3 is 2.64 bits per heavy atom. The van der Waals surface area contributed by atoms with Crippen molar-refractivity contribution >= 4 is 18.5 Å². The lowest BCUT2D eigenvalue weighted by Gasteiger charge is -2.09. The van der Waals surface area contributed by atoms with Crippen molar-refractivity contribution in [1.82, 2.24) is 5.32 Å². The first-order valence-corrected chi connectivity index (χ1v) is 5.29. The van der Waals surface area contributed by atoms with Crippen LogP contribution in [0.2, 0.25) is 0 Å². The van der Waals surface area contributed by atoms with Gasteiger partial charge in [0.05, 0.1) is 0 Å². The van der Waals surface area contributed by atoms with Crippen molar-refractivity contribution < 1.29 is 4.79 Å². The molecule has 0 aliphatic heterocycles. The van der Waals surface area contributed by atoms with Gasteiger partial charge >= 0.3 is 0 Å². The first kappa shape index (κ1) is 11.1. The van der Waals surface area contributed by atoms with Crippen molar-refractivity contribution in [2.45, 2.75) is 13.5 Å². The van der Waals surface area contributed by atoms with Gasteiger partial charge in [0.2, 0.25) is 5.91 Å². The van der Waals surface area contributed by atoms with Crippen molar-refractivity contribution in [2.24, 2.45) is 5.92 Å². The highest BCUT2D eigenvalue weighted by molar-refractivity contribution is 7.80. The van der Waals surface area contributed by atoms with E-state index in [1.807, 2.05) is 37.3 Å². The lowest BCUT2D eigenvalue weighted by atomic mass is 10.2.